The summed E-state index contributed by atoms with van der Waals surface area (Å²) in [4.78, 5) is 38.4. The van der Waals surface area contributed by atoms with Crippen molar-refractivity contribution in [1.29, 1.82) is 0 Å². The maximum Gasteiger partial charge on any atom is 0.418 e. The van der Waals surface area contributed by atoms with Crippen LogP contribution in [0.4, 0.5) is 15.3 Å². The summed E-state index contributed by atoms with van der Waals surface area (Å²) in [5.74, 6) is -0.282. The van der Waals surface area contributed by atoms with Crippen LogP contribution in [-0.4, -0.2) is 35.6 Å². The normalized spacial score (nSPS) is 18.6. The quantitative estimate of drug-likeness (QED) is 0.803. The van der Waals surface area contributed by atoms with E-state index in [2.05, 4.69) is 0 Å². The van der Waals surface area contributed by atoms with Crippen molar-refractivity contribution in [1.82, 2.24) is 4.90 Å². The summed E-state index contributed by atoms with van der Waals surface area (Å²) in [7, 11) is 0. The van der Waals surface area contributed by atoms with Crippen molar-refractivity contribution in [2.75, 3.05) is 11.5 Å². The number of amides is 4. The molecule has 1 aliphatic heterocycles. The van der Waals surface area contributed by atoms with Crippen LogP contribution in [0.3, 0.4) is 0 Å². The zero-order valence-electron chi connectivity index (χ0n) is 12.3. The highest BCUT2D eigenvalue weighted by Gasteiger charge is 2.47. The molecule has 0 N–H and O–H groups in total. The molecular weight excluding hydrogens is 272 g/mol. The summed E-state index contributed by atoms with van der Waals surface area (Å²) < 4.78 is 5.05. The first kappa shape index (κ1) is 15.0. The lowest BCUT2D eigenvalue weighted by Gasteiger charge is -2.17. The van der Waals surface area contributed by atoms with Gasteiger partial charge in [-0.05, 0) is 25.0 Å². The third-order valence-corrected chi connectivity index (χ3v) is 3.11. The molecule has 1 aromatic carbocycles. The molecule has 1 heterocycles. The predicted molar refractivity (Wildman–Crippen MR) is 76.8 cm³/mol. The number of anilines is 1. The lowest BCUT2D eigenvalue weighted by atomic mass is 10.2. The molecule has 21 heavy (non-hydrogen) atoms. The third-order valence-electron chi connectivity index (χ3n) is 3.11. The molecule has 0 radical (unpaired) electrons. The molecule has 0 aliphatic carbocycles. The topological polar surface area (TPSA) is 66.9 Å². The van der Waals surface area contributed by atoms with Crippen LogP contribution in [0.5, 0.6) is 0 Å². The van der Waals surface area contributed by atoms with Gasteiger partial charge in [-0.3, -0.25) is 4.79 Å². The lowest BCUT2D eigenvalue weighted by molar-refractivity contribution is -0.119. The molecule has 1 aromatic rings. The lowest BCUT2D eigenvalue weighted by Crippen LogP contribution is -2.40. The Kier molecular flexibility index (Phi) is 4.26. The van der Waals surface area contributed by atoms with Crippen molar-refractivity contribution in [3.8, 4) is 0 Å². The Morgan fingerprint density at radius 3 is 2.43 bits per heavy atom. The van der Waals surface area contributed by atoms with Gasteiger partial charge in [-0.25, -0.2) is 19.4 Å². The number of hydrogen-bond acceptors (Lipinski definition) is 4. The summed E-state index contributed by atoms with van der Waals surface area (Å²) in [6.45, 7) is 5.50. The number of hydrogen-bond donors (Lipinski definition) is 0. The van der Waals surface area contributed by atoms with Gasteiger partial charge < -0.3 is 4.74 Å². The maximum atomic E-state index is 12.3. The second-order valence-electron chi connectivity index (χ2n) is 5.31. The minimum absolute atomic E-state index is 0.155. The molecule has 1 unspecified atom stereocenters. The molecule has 1 aliphatic rings. The number of para-hydroxylation sites is 1. The molecular formula is C15H18N2O4. The summed E-state index contributed by atoms with van der Waals surface area (Å²) in [5.41, 5.74) is 0.443. The number of ether oxygens (including phenoxy) is 1. The largest absolute Gasteiger partial charge is 0.449 e. The average Bonchev–Trinajstić information content (AvgIpc) is 2.68. The third kappa shape index (κ3) is 2.89. The second kappa shape index (κ2) is 5.95. The van der Waals surface area contributed by atoms with Crippen LogP contribution in [0, 0.1) is 5.92 Å². The standard InChI is InChI=1S/C15H18N2O4/c1-10(2)9-21-15(20)16-11(3)13(18)17(14(16)19)12-7-5-4-6-8-12/h4-8,10-11H,9H2,1-3H3. The first-order valence-electron chi connectivity index (χ1n) is 6.82. The van der Waals surface area contributed by atoms with Gasteiger partial charge in [0.25, 0.3) is 5.91 Å². The van der Waals surface area contributed by atoms with Crippen molar-refractivity contribution in [2.45, 2.75) is 26.8 Å². The zero-order valence-corrected chi connectivity index (χ0v) is 12.3. The fourth-order valence-electron chi connectivity index (χ4n) is 2.02. The van der Waals surface area contributed by atoms with Gasteiger partial charge in [0.15, 0.2) is 0 Å². The Morgan fingerprint density at radius 1 is 1.24 bits per heavy atom. The molecule has 112 valence electrons. The minimum atomic E-state index is -0.864. The van der Waals surface area contributed by atoms with Gasteiger partial charge in [-0.1, -0.05) is 32.0 Å². The molecule has 0 saturated carbocycles. The van der Waals surface area contributed by atoms with E-state index in [9.17, 15) is 14.4 Å². The Bertz CT molecular complexity index is 556. The van der Waals surface area contributed by atoms with Gasteiger partial charge in [0.1, 0.15) is 6.04 Å². The van der Waals surface area contributed by atoms with E-state index < -0.39 is 24.1 Å². The first-order chi connectivity index (χ1) is 9.93. The van der Waals surface area contributed by atoms with E-state index in [1.54, 1.807) is 30.3 Å². The van der Waals surface area contributed by atoms with E-state index in [0.29, 0.717) is 5.69 Å². The van der Waals surface area contributed by atoms with Crippen molar-refractivity contribution in [2.24, 2.45) is 5.92 Å². The van der Waals surface area contributed by atoms with Crippen molar-refractivity contribution < 1.29 is 19.1 Å². The smallest absolute Gasteiger partial charge is 0.418 e. The molecule has 0 bridgehead atoms. The van der Waals surface area contributed by atoms with Gasteiger partial charge >= 0.3 is 12.1 Å². The first-order valence-corrected chi connectivity index (χ1v) is 6.82. The molecule has 0 spiro atoms. The molecule has 1 atom stereocenters. The molecule has 4 amide bonds. The van der Waals surface area contributed by atoms with Gasteiger partial charge in [-0.15, -0.1) is 0 Å². The molecule has 2 rings (SSSR count). The van der Waals surface area contributed by atoms with Crippen LogP contribution < -0.4 is 4.90 Å². The van der Waals surface area contributed by atoms with Crippen LogP contribution in [0.25, 0.3) is 0 Å². The molecule has 6 nitrogen and oxygen atoms in total. The number of carbonyl (C=O) groups excluding carboxylic acids is 3. The summed E-state index contributed by atoms with van der Waals surface area (Å²) in [6, 6.07) is 6.98. The van der Waals surface area contributed by atoms with Crippen molar-refractivity contribution in [3.05, 3.63) is 30.3 Å². The van der Waals surface area contributed by atoms with Crippen LogP contribution in [0.1, 0.15) is 20.8 Å². The monoisotopic (exact) mass is 290 g/mol. The Balaban J connectivity index is 2.20. The number of carbonyl (C=O) groups is 3. The SMILES string of the molecule is CC(C)COC(=O)N1C(=O)N(c2ccccc2)C(=O)C1C. The van der Waals surface area contributed by atoms with Gasteiger partial charge in [0.05, 0.1) is 12.3 Å². The molecule has 1 fully saturated rings. The highest BCUT2D eigenvalue weighted by molar-refractivity contribution is 6.24. The van der Waals surface area contributed by atoms with Gasteiger partial charge in [0, 0.05) is 0 Å². The fraction of sp³-hybridized carbons (Fsp3) is 0.400. The number of benzene rings is 1. The number of rotatable bonds is 3. The Morgan fingerprint density at radius 2 is 1.86 bits per heavy atom. The van der Waals surface area contributed by atoms with E-state index in [-0.39, 0.29) is 12.5 Å². The summed E-state index contributed by atoms with van der Waals surface area (Å²) in [6.07, 6.45) is -0.784. The zero-order chi connectivity index (χ0) is 15.6. The highest BCUT2D eigenvalue weighted by atomic mass is 16.6. The Labute approximate surface area is 123 Å². The van der Waals surface area contributed by atoms with E-state index >= 15 is 0 Å². The van der Waals surface area contributed by atoms with Crippen LogP contribution in [0.15, 0.2) is 30.3 Å². The van der Waals surface area contributed by atoms with Crippen molar-refractivity contribution in [3.63, 3.8) is 0 Å². The second-order valence-corrected chi connectivity index (χ2v) is 5.31. The van der Waals surface area contributed by atoms with Crippen molar-refractivity contribution >= 4 is 23.7 Å². The minimum Gasteiger partial charge on any atom is -0.449 e. The maximum absolute atomic E-state index is 12.3. The van der Waals surface area contributed by atoms with Gasteiger partial charge in [0.2, 0.25) is 0 Å². The van der Waals surface area contributed by atoms with Crippen LogP contribution in [0.2, 0.25) is 0 Å². The molecule has 6 heteroatoms. The predicted octanol–water partition coefficient (Wildman–Crippen LogP) is 2.64. The average molecular weight is 290 g/mol. The molecule has 1 saturated heterocycles. The van der Waals surface area contributed by atoms with E-state index in [0.717, 1.165) is 9.80 Å². The van der Waals surface area contributed by atoms with E-state index in [4.69, 9.17) is 4.74 Å². The fourth-order valence-corrected chi connectivity index (χ4v) is 2.02. The summed E-state index contributed by atoms with van der Waals surface area (Å²) in [5, 5.41) is 0. The van der Waals surface area contributed by atoms with E-state index in [1.165, 1.54) is 6.92 Å². The van der Waals surface area contributed by atoms with Crippen LogP contribution >= 0.6 is 0 Å². The number of urea groups is 1. The van der Waals surface area contributed by atoms with Crippen LogP contribution in [-0.2, 0) is 9.53 Å². The van der Waals surface area contributed by atoms with E-state index in [1.807, 2.05) is 13.8 Å². The molecule has 0 aromatic heterocycles. The summed E-state index contributed by atoms with van der Waals surface area (Å²) >= 11 is 0. The van der Waals surface area contributed by atoms with Gasteiger partial charge in [-0.2, -0.15) is 0 Å². The highest BCUT2D eigenvalue weighted by Crippen LogP contribution is 2.25. The number of imide groups is 2. The number of nitrogens with zero attached hydrogens (tertiary/aromatic N) is 2. The Hall–Kier alpha value is -2.37.